The lowest BCUT2D eigenvalue weighted by atomic mass is 10.1. The summed E-state index contributed by atoms with van der Waals surface area (Å²) in [5, 5.41) is 11.9. The Morgan fingerprint density at radius 2 is 1.11 bits per heavy atom. The van der Waals surface area contributed by atoms with Crippen molar-refractivity contribution < 1.29 is 35.4 Å². The minimum Gasteiger partial charge on any atom is -0.374 e. The number of aromatic nitrogens is 4. The summed E-state index contributed by atoms with van der Waals surface area (Å²) in [6.07, 6.45) is 10.3. The molecule has 21 heteroatoms. The number of rotatable bonds is 9. The zero-order valence-corrected chi connectivity index (χ0v) is 42.9. The van der Waals surface area contributed by atoms with Crippen molar-refractivity contribution in [1.82, 2.24) is 44.1 Å². The van der Waals surface area contributed by atoms with E-state index in [2.05, 4.69) is 106 Å². The van der Waals surface area contributed by atoms with Crippen molar-refractivity contribution in [3.05, 3.63) is 97.6 Å². The van der Waals surface area contributed by atoms with Crippen LogP contribution in [-0.2, 0) is 19.7 Å². The van der Waals surface area contributed by atoms with Crippen LogP contribution in [0.2, 0.25) is 0 Å². The van der Waals surface area contributed by atoms with Crippen LogP contribution in [0.4, 0.5) is 30.2 Å². The smallest absolute Gasteiger partial charge is 0.374 e. The molecule has 0 aliphatic carbocycles. The van der Waals surface area contributed by atoms with Crippen molar-refractivity contribution in [1.29, 1.82) is 0 Å². The summed E-state index contributed by atoms with van der Waals surface area (Å²) in [6, 6.07) is 24.7. The summed E-state index contributed by atoms with van der Waals surface area (Å²) in [5.74, 6) is 0.232. The van der Waals surface area contributed by atoms with Crippen LogP contribution in [0.15, 0.2) is 97.6 Å². The number of hydrogen-bond acceptors (Lipinski definition) is 13. The Labute approximate surface area is 430 Å². The number of fused-ring (bicyclic) bond motifs is 4. The molecule has 6 aromatic rings. The largest absolute Gasteiger partial charge is 0.534 e. The number of anilines is 3. The molecule has 2 amide bonds. The van der Waals surface area contributed by atoms with Gasteiger partial charge in [0.25, 0.3) is 0 Å². The van der Waals surface area contributed by atoms with Gasteiger partial charge in [0.05, 0.1) is 17.4 Å². The number of nitrogens with one attached hydrogen (secondary N) is 1. The van der Waals surface area contributed by atoms with E-state index in [1.165, 1.54) is 33.2 Å². The van der Waals surface area contributed by atoms with Gasteiger partial charge in [0.1, 0.15) is 5.52 Å². The van der Waals surface area contributed by atoms with Crippen molar-refractivity contribution >= 4 is 50.0 Å². The van der Waals surface area contributed by atoms with Gasteiger partial charge in [-0.3, -0.25) is 9.59 Å². The average Bonchev–Trinajstić information content (AvgIpc) is 4.24. The van der Waals surface area contributed by atoms with Gasteiger partial charge in [0.2, 0.25) is 11.8 Å². The van der Waals surface area contributed by atoms with Crippen LogP contribution in [0.3, 0.4) is 0 Å². The third kappa shape index (κ3) is 11.0. The molecule has 394 valence electrons. The maximum Gasteiger partial charge on any atom is 0.534 e. The van der Waals surface area contributed by atoms with E-state index in [9.17, 15) is 31.2 Å². The van der Waals surface area contributed by atoms with Gasteiger partial charge in [-0.25, -0.2) is 9.03 Å². The van der Waals surface area contributed by atoms with Gasteiger partial charge in [0.15, 0.2) is 5.75 Å². The van der Waals surface area contributed by atoms with Gasteiger partial charge in [-0.15, -0.1) is 0 Å². The Morgan fingerprint density at radius 3 is 1.65 bits per heavy atom. The molecule has 6 aliphatic heterocycles. The van der Waals surface area contributed by atoms with Gasteiger partial charge in [-0.2, -0.15) is 31.8 Å². The third-order valence-electron chi connectivity index (χ3n) is 15.4. The normalized spacial score (nSPS) is 20.9. The highest BCUT2D eigenvalue weighted by Crippen LogP contribution is 2.35. The first-order valence-electron chi connectivity index (χ1n) is 25.9. The maximum absolute atomic E-state index is 12.7. The molecule has 2 aromatic carbocycles. The number of halogens is 3. The van der Waals surface area contributed by atoms with Crippen molar-refractivity contribution in [2.24, 2.45) is 0 Å². The van der Waals surface area contributed by atoms with E-state index in [1.807, 2.05) is 39.9 Å². The molecule has 10 heterocycles. The lowest BCUT2D eigenvalue weighted by Crippen LogP contribution is -2.51. The molecule has 2 atom stereocenters. The Morgan fingerprint density at radius 1 is 0.608 bits per heavy atom. The second-order valence-electron chi connectivity index (χ2n) is 19.7. The summed E-state index contributed by atoms with van der Waals surface area (Å²) in [5.41, 5.74) is 3.25. The van der Waals surface area contributed by atoms with E-state index in [0.29, 0.717) is 35.9 Å². The highest BCUT2D eigenvalue weighted by Gasteiger charge is 2.49. The fourth-order valence-corrected chi connectivity index (χ4v) is 11.5. The number of alkyl halides is 3. The number of piperazine rings is 4. The van der Waals surface area contributed by atoms with E-state index < -0.39 is 21.4 Å². The quantitative estimate of drug-likeness (QED) is 0.136. The predicted molar refractivity (Wildman–Crippen MR) is 280 cm³/mol. The van der Waals surface area contributed by atoms with E-state index in [0.717, 1.165) is 147 Å². The van der Waals surface area contributed by atoms with E-state index in [1.54, 1.807) is 12.3 Å². The molecule has 0 saturated carbocycles. The molecule has 2 unspecified atom stereocenters. The Bertz CT molecular complexity index is 3030. The SMILES string of the molecule is CCN1CCN(c2ccc(-c3cc4c(N5CCN6C(=O)CCC6C5)ccnn4c3)cc2)CC1.CCN1CCN(c2ccc(-c3cc4c(OS(=O)(=O)C(F)(F)F)ccnn4c3)cc2)CC1.O=C1CCC2CNCCN12. The number of nitrogens with zero attached hydrogens (tertiary/aromatic N) is 11. The standard InChI is InChI=1S/C26H32N6O.C20H21F3N4O3S.C7H12N2O/c1-2-28-11-13-29(14-12-28)22-5-3-20(4-6-22)21-17-25-24(9-10-27-32(25)18-21)30-15-16-31-23(19-30)7-8-26(31)33;1-2-25-9-11-26(12-10-25)17-5-3-15(4-6-17)16-13-18-19(7-8-24-27(18)14-16)30-31(28,29)20(21,22)23;10-7-2-1-6-5-8-3-4-9(6)7/h3-6,9-10,17-18,23H,2,7-8,11-16,19H2,1H3;3-8,13-14H,2,9-12H2,1H3;6,8H,1-5H2. The lowest BCUT2D eigenvalue weighted by Gasteiger charge is -2.39. The summed E-state index contributed by atoms with van der Waals surface area (Å²) < 4.78 is 68.4. The molecular formula is C53H65F3N12O5S. The maximum atomic E-state index is 12.7. The fourth-order valence-electron chi connectivity index (χ4n) is 11.0. The number of amides is 2. The minimum absolute atomic E-state index is 0.116. The molecule has 74 heavy (non-hydrogen) atoms. The molecule has 0 bridgehead atoms. The topological polar surface area (TPSA) is 147 Å². The van der Waals surface area contributed by atoms with Crippen LogP contribution in [0.1, 0.15) is 39.5 Å². The first kappa shape index (κ1) is 51.1. The zero-order valence-electron chi connectivity index (χ0n) is 42.0. The second kappa shape index (κ2) is 21.8. The molecule has 6 saturated heterocycles. The summed E-state index contributed by atoms with van der Waals surface area (Å²) in [6.45, 7) is 20.5. The van der Waals surface area contributed by atoms with E-state index in [4.69, 9.17) is 0 Å². The van der Waals surface area contributed by atoms with Crippen LogP contribution in [0, 0.1) is 0 Å². The number of carbonyl (C=O) groups excluding carboxylic acids is 2. The average molecular weight is 1040 g/mol. The number of likely N-dealkylation sites (N-methyl/N-ethyl adjacent to an activating group) is 2. The van der Waals surface area contributed by atoms with E-state index in [-0.39, 0.29) is 5.52 Å². The highest BCUT2D eigenvalue weighted by molar-refractivity contribution is 7.88. The molecule has 17 nitrogen and oxygen atoms in total. The van der Waals surface area contributed by atoms with Crippen LogP contribution in [0.5, 0.6) is 5.75 Å². The predicted octanol–water partition coefficient (Wildman–Crippen LogP) is 5.91. The number of benzene rings is 2. The number of carbonyl (C=O) groups is 2. The van der Waals surface area contributed by atoms with Crippen LogP contribution < -0.4 is 24.2 Å². The third-order valence-corrected chi connectivity index (χ3v) is 16.4. The lowest BCUT2D eigenvalue weighted by molar-refractivity contribution is -0.130. The molecule has 6 fully saturated rings. The van der Waals surface area contributed by atoms with Gasteiger partial charge in [-0.1, -0.05) is 38.1 Å². The molecule has 0 spiro atoms. The van der Waals surface area contributed by atoms with Gasteiger partial charge in [0, 0.05) is 164 Å². The molecule has 6 aliphatic rings. The Kier molecular flexibility index (Phi) is 15.1. The van der Waals surface area contributed by atoms with Crippen LogP contribution in [-0.4, -0.2) is 181 Å². The summed E-state index contributed by atoms with van der Waals surface area (Å²) in [4.78, 5) is 39.4. The summed E-state index contributed by atoms with van der Waals surface area (Å²) >= 11 is 0. The van der Waals surface area contributed by atoms with Crippen LogP contribution >= 0.6 is 0 Å². The highest BCUT2D eigenvalue weighted by atomic mass is 32.2. The fraction of sp³-hybridized carbons (Fsp3) is 0.472. The Hall–Kier alpha value is -6.42. The van der Waals surface area contributed by atoms with Crippen molar-refractivity contribution in [2.45, 2.75) is 57.1 Å². The van der Waals surface area contributed by atoms with E-state index >= 15 is 0 Å². The first-order chi connectivity index (χ1) is 35.7. The zero-order chi connectivity index (χ0) is 51.6. The van der Waals surface area contributed by atoms with Crippen molar-refractivity contribution in [2.75, 3.05) is 119 Å². The molecule has 1 N–H and O–H groups in total. The van der Waals surface area contributed by atoms with Crippen LogP contribution in [0.25, 0.3) is 33.3 Å². The van der Waals surface area contributed by atoms with Gasteiger partial charge in [-0.05, 0) is 79.5 Å². The molecule has 12 rings (SSSR count). The van der Waals surface area contributed by atoms with Crippen molar-refractivity contribution in [3.8, 4) is 28.0 Å². The molecule has 0 radical (unpaired) electrons. The minimum atomic E-state index is -5.77. The van der Waals surface area contributed by atoms with Gasteiger partial charge < -0.3 is 43.8 Å². The number of hydrogen-bond donors (Lipinski definition) is 1. The van der Waals surface area contributed by atoms with Gasteiger partial charge >= 0.3 is 15.6 Å². The van der Waals surface area contributed by atoms with Crippen molar-refractivity contribution in [3.63, 3.8) is 0 Å². The monoisotopic (exact) mass is 1040 g/mol. The summed E-state index contributed by atoms with van der Waals surface area (Å²) in [7, 11) is -5.77. The second-order valence-corrected chi connectivity index (χ2v) is 21.2. The first-order valence-corrected chi connectivity index (χ1v) is 27.3. The molecular weight excluding hydrogens is 974 g/mol. The molecule has 4 aromatic heterocycles. The Balaban J connectivity index is 0.000000143.